The van der Waals surface area contributed by atoms with Gasteiger partial charge in [-0.15, -0.1) is 0 Å². The highest BCUT2D eigenvalue weighted by Gasteiger charge is 2.35. The van der Waals surface area contributed by atoms with E-state index in [0.29, 0.717) is 5.57 Å². The predicted molar refractivity (Wildman–Crippen MR) is 107 cm³/mol. The number of hydrogen-bond donors (Lipinski definition) is 1. The van der Waals surface area contributed by atoms with Crippen LogP contribution in [0.25, 0.3) is 5.57 Å². The molecule has 2 aromatic rings. The van der Waals surface area contributed by atoms with Gasteiger partial charge in [0.15, 0.2) is 0 Å². The first-order valence-corrected chi connectivity index (χ1v) is 9.04. The lowest BCUT2D eigenvalue weighted by Gasteiger charge is -2.32. The molecule has 1 aliphatic rings. The van der Waals surface area contributed by atoms with Gasteiger partial charge in [-0.3, -0.25) is 4.98 Å². The lowest BCUT2D eigenvalue weighted by Crippen LogP contribution is -2.28. The van der Waals surface area contributed by atoms with Crippen LogP contribution in [-0.4, -0.2) is 18.1 Å². The number of pyridine rings is 1. The highest BCUT2D eigenvalue weighted by atomic mass is 127. The summed E-state index contributed by atoms with van der Waals surface area (Å²) in [5.41, 5.74) is 5.59. The number of esters is 1. The summed E-state index contributed by atoms with van der Waals surface area (Å²) < 4.78 is 6.20. The molecule has 1 aliphatic heterocycles. The van der Waals surface area contributed by atoms with Gasteiger partial charge in [0.2, 0.25) is 0 Å². The Morgan fingerprint density at radius 1 is 1.16 bits per heavy atom. The zero-order valence-electron chi connectivity index (χ0n) is 14.3. The van der Waals surface area contributed by atoms with E-state index < -0.39 is 0 Å². The molecule has 0 saturated carbocycles. The molecule has 5 heteroatoms. The highest BCUT2D eigenvalue weighted by molar-refractivity contribution is 14.1. The Labute approximate surface area is 161 Å². The van der Waals surface area contributed by atoms with E-state index in [0.717, 1.165) is 31.7 Å². The van der Waals surface area contributed by atoms with Gasteiger partial charge in [0.25, 0.3) is 0 Å². The third-order valence-electron chi connectivity index (χ3n) is 4.35. The quantitative estimate of drug-likeness (QED) is 0.566. The van der Waals surface area contributed by atoms with E-state index in [4.69, 9.17) is 4.74 Å². The van der Waals surface area contributed by atoms with Crippen molar-refractivity contribution >= 4 is 34.1 Å². The molecule has 0 spiro atoms. The number of nitrogens with one attached hydrogen (secondary N) is 1. The molecule has 3 rings (SSSR count). The van der Waals surface area contributed by atoms with Crippen LogP contribution in [0.1, 0.15) is 30.9 Å². The van der Waals surface area contributed by atoms with Crippen LogP contribution in [0, 0.1) is 3.57 Å². The summed E-state index contributed by atoms with van der Waals surface area (Å²) in [5.74, 6) is -0.519. The number of aromatic nitrogens is 1. The standard InChI is InChI=1S/C20H19IN2O2/c1-12-17(14-7-6-10-22-11-14)19(15-8-4-5-9-16(15)21)18(13(2)23-12)20(24)25-3/h4-11,19,23H,1-3H3. The highest BCUT2D eigenvalue weighted by Crippen LogP contribution is 2.44. The van der Waals surface area contributed by atoms with Crippen LogP contribution >= 0.6 is 22.6 Å². The number of hydrogen-bond acceptors (Lipinski definition) is 4. The number of halogens is 1. The van der Waals surface area contributed by atoms with Crippen molar-refractivity contribution in [3.05, 3.63) is 80.5 Å². The maximum atomic E-state index is 12.6. The molecule has 0 radical (unpaired) electrons. The summed E-state index contributed by atoms with van der Waals surface area (Å²) in [5, 5.41) is 3.34. The molecular weight excluding hydrogens is 427 g/mol. The molecule has 128 valence electrons. The summed E-state index contributed by atoms with van der Waals surface area (Å²) in [6.45, 7) is 3.95. The number of carbonyl (C=O) groups excluding carboxylic acids is 1. The van der Waals surface area contributed by atoms with Gasteiger partial charge in [0.1, 0.15) is 0 Å². The first kappa shape index (κ1) is 17.7. The zero-order valence-corrected chi connectivity index (χ0v) is 16.5. The lowest BCUT2D eigenvalue weighted by molar-refractivity contribution is -0.136. The van der Waals surface area contributed by atoms with E-state index in [9.17, 15) is 4.79 Å². The van der Waals surface area contributed by atoms with Crippen molar-refractivity contribution in [3.8, 4) is 0 Å². The average molecular weight is 446 g/mol. The fraction of sp³-hybridized carbons (Fsp3) is 0.200. The monoisotopic (exact) mass is 446 g/mol. The average Bonchev–Trinajstić information content (AvgIpc) is 2.62. The van der Waals surface area contributed by atoms with Gasteiger partial charge in [-0.25, -0.2) is 4.79 Å². The molecule has 1 unspecified atom stereocenters. The second kappa shape index (κ2) is 7.39. The van der Waals surface area contributed by atoms with Crippen LogP contribution in [0.5, 0.6) is 0 Å². The van der Waals surface area contributed by atoms with Gasteiger partial charge in [-0.2, -0.15) is 0 Å². The molecule has 25 heavy (non-hydrogen) atoms. The van der Waals surface area contributed by atoms with Gasteiger partial charge in [0, 0.05) is 33.3 Å². The van der Waals surface area contributed by atoms with Crippen LogP contribution in [-0.2, 0) is 9.53 Å². The Morgan fingerprint density at radius 3 is 2.56 bits per heavy atom. The second-order valence-corrected chi connectivity index (χ2v) is 7.05. The molecule has 1 aromatic carbocycles. The normalized spacial score (nSPS) is 17.4. The number of dihydropyridines is 1. The van der Waals surface area contributed by atoms with Crippen LogP contribution in [0.3, 0.4) is 0 Å². The van der Waals surface area contributed by atoms with E-state index in [1.807, 2.05) is 44.3 Å². The van der Waals surface area contributed by atoms with Crippen molar-refractivity contribution in [2.75, 3.05) is 7.11 Å². The number of carbonyl (C=O) groups is 1. The predicted octanol–water partition coefficient (Wildman–Crippen LogP) is 4.25. The van der Waals surface area contributed by atoms with Crippen LogP contribution in [0.2, 0.25) is 0 Å². The molecule has 0 saturated heterocycles. The van der Waals surface area contributed by atoms with E-state index in [2.05, 4.69) is 45.0 Å². The minimum atomic E-state index is -0.316. The first-order chi connectivity index (χ1) is 12.0. The number of methoxy groups -OCH3 is 1. The Morgan fingerprint density at radius 2 is 1.92 bits per heavy atom. The number of ether oxygens (including phenoxy) is 1. The smallest absolute Gasteiger partial charge is 0.336 e. The summed E-state index contributed by atoms with van der Waals surface area (Å²) in [6, 6.07) is 12.1. The van der Waals surface area contributed by atoms with Gasteiger partial charge >= 0.3 is 5.97 Å². The topological polar surface area (TPSA) is 51.2 Å². The van der Waals surface area contributed by atoms with Crippen LogP contribution in [0.15, 0.2) is 65.8 Å². The van der Waals surface area contributed by atoms with Crippen molar-refractivity contribution in [1.29, 1.82) is 0 Å². The summed E-state index contributed by atoms with van der Waals surface area (Å²) in [4.78, 5) is 16.9. The van der Waals surface area contributed by atoms with Gasteiger partial charge in [-0.1, -0.05) is 24.3 Å². The summed E-state index contributed by atoms with van der Waals surface area (Å²) >= 11 is 2.32. The number of nitrogens with zero attached hydrogens (tertiary/aromatic N) is 1. The minimum Gasteiger partial charge on any atom is -0.466 e. The third-order valence-corrected chi connectivity index (χ3v) is 5.34. The number of rotatable bonds is 3. The molecule has 0 bridgehead atoms. The van der Waals surface area contributed by atoms with E-state index in [1.54, 1.807) is 6.20 Å². The fourth-order valence-corrected chi connectivity index (χ4v) is 4.00. The molecule has 0 amide bonds. The molecule has 1 aromatic heterocycles. The van der Waals surface area contributed by atoms with Crippen molar-refractivity contribution in [2.45, 2.75) is 19.8 Å². The second-order valence-electron chi connectivity index (χ2n) is 5.89. The SMILES string of the molecule is COC(=O)C1=C(C)NC(C)=C(c2cccnc2)C1c1ccccc1I. The van der Waals surface area contributed by atoms with Crippen LogP contribution in [0.4, 0.5) is 0 Å². The Kier molecular flexibility index (Phi) is 5.22. The Bertz CT molecular complexity index is 872. The molecule has 0 aliphatic carbocycles. The van der Waals surface area contributed by atoms with E-state index in [1.165, 1.54) is 7.11 Å². The van der Waals surface area contributed by atoms with Crippen molar-refractivity contribution in [2.24, 2.45) is 0 Å². The molecule has 1 atom stereocenters. The van der Waals surface area contributed by atoms with Crippen LogP contribution < -0.4 is 5.32 Å². The molecule has 2 heterocycles. The molecular formula is C20H19IN2O2. The largest absolute Gasteiger partial charge is 0.466 e. The Hall–Kier alpha value is -2.15. The summed E-state index contributed by atoms with van der Waals surface area (Å²) in [7, 11) is 1.42. The van der Waals surface area contributed by atoms with Gasteiger partial charge in [-0.05, 0) is 65.3 Å². The lowest BCUT2D eigenvalue weighted by atomic mass is 9.78. The van der Waals surface area contributed by atoms with Gasteiger partial charge in [0.05, 0.1) is 12.7 Å². The maximum absolute atomic E-state index is 12.6. The van der Waals surface area contributed by atoms with E-state index >= 15 is 0 Å². The zero-order chi connectivity index (χ0) is 18.0. The number of benzene rings is 1. The molecule has 4 nitrogen and oxygen atoms in total. The molecule has 1 N–H and O–H groups in total. The molecule has 0 fully saturated rings. The fourth-order valence-electron chi connectivity index (χ4n) is 3.30. The number of allylic oxidation sites excluding steroid dienone is 3. The Balaban J connectivity index is 2.27. The van der Waals surface area contributed by atoms with Gasteiger partial charge < -0.3 is 10.1 Å². The van der Waals surface area contributed by atoms with Crippen molar-refractivity contribution < 1.29 is 9.53 Å². The summed E-state index contributed by atoms with van der Waals surface area (Å²) in [6.07, 6.45) is 3.58. The van der Waals surface area contributed by atoms with Crippen molar-refractivity contribution in [3.63, 3.8) is 0 Å². The minimum absolute atomic E-state index is 0.203. The third kappa shape index (κ3) is 3.33. The first-order valence-electron chi connectivity index (χ1n) is 7.96. The maximum Gasteiger partial charge on any atom is 0.336 e. The van der Waals surface area contributed by atoms with Crippen molar-refractivity contribution in [1.82, 2.24) is 10.3 Å². The van der Waals surface area contributed by atoms with E-state index in [-0.39, 0.29) is 11.9 Å².